The molecule has 116 valence electrons. The molecule has 1 aliphatic carbocycles. The van der Waals surface area contributed by atoms with Gasteiger partial charge in [0.2, 0.25) is 0 Å². The lowest BCUT2D eigenvalue weighted by Gasteiger charge is -2.37. The van der Waals surface area contributed by atoms with Crippen molar-refractivity contribution >= 4 is 21.6 Å². The summed E-state index contributed by atoms with van der Waals surface area (Å²) in [6.45, 7) is 3.38. The van der Waals surface area contributed by atoms with Gasteiger partial charge < -0.3 is 15.1 Å². The van der Waals surface area contributed by atoms with Crippen LogP contribution in [-0.2, 0) is 6.54 Å². The largest absolute Gasteiger partial charge is 0.369 e. The number of piperidine rings is 1. The van der Waals surface area contributed by atoms with Gasteiger partial charge in [0.1, 0.15) is 0 Å². The van der Waals surface area contributed by atoms with E-state index in [1.54, 1.807) is 0 Å². The number of hydrogen-bond donors (Lipinski definition) is 1. The van der Waals surface area contributed by atoms with Crippen molar-refractivity contribution in [3.63, 3.8) is 0 Å². The molecule has 1 atom stereocenters. The van der Waals surface area contributed by atoms with Crippen molar-refractivity contribution in [2.45, 2.75) is 44.3 Å². The monoisotopic (exact) mass is 351 g/mol. The number of likely N-dealkylation sites (N-methyl/N-ethyl adjacent to an activating group) is 2. The van der Waals surface area contributed by atoms with Crippen LogP contribution in [0.1, 0.15) is 31.2 Å². The quantitative estimate of drug-likeness (QED) is 0.878. The van der Waals surface area contributed by atoms with E-state index in [0.29, 0.717) is 6.04 Å². The van der Waals surface area contributed by atoms with Crippen LogP contribution in [0.15, 0.2) is 22.7 Å². The summed E-state index contributed by atoms with van der Waals surface area (Å²) in [5, 5.41) is 3.58. The summed E-state index contributed by atoms with van der Waals surface area (Å²) >= 11 is 3.77. The molecule has 1 aromatic carbocycles. The number of anilines is 1. The van der Waals surface area contributed by atoms with Gasteiger partial charge in [0, 0.05) is 36.7 Å². The Labute approximate surface area is 136 Å². The Morgan fingerprint density at radius 1 is 1.33 bits per heavy atom. The van der Waals surface area contributed by atoms with Gasteiger partial charge in [-0.25, -0.2) is 0 Å². The van der Waals surface area contributed by atoms with Crippen molar-refractivity contribution in [1.82, 2.24) is 10.2 Å². The SMILES string of the molecule is CN1CCCC(N(C)c2ccc(CNC3CC3)cc2Br)C1. The maximum absolute atomic E-state index is 3.77. The number of benzene rings is 1. The Balaban J connectivity index is 1.65. The van der Waals surface area contributed by atoms with Gasteiger partial charge in [-0.2, -0.15) is 0 Å². The summed E-state index contributed by atoms with van der Waals surface area (Å²) in [4.78, 5) is 4.88. The van der Waals surface area contributed by atoms with Crippen LogP contribution in [0.5, 0.6) is 0 Å². The minimum atomic E-state index is 0.621. The molecule has 0 radical (unpaired) electrons. The van der Waals surface area contributed by atoms with Crippen molar-refractivity contribution in [3.05, 3.63) is 28.2 Å². The second kappa shape index (κ2) is 6.67. The van der Waals surface area contributed by atoms with Crippen LogP contribution in [0.3, 0.4) is 0 Å². The van der Waals surface area contributed by atoms with E-state index < -0.39 is 0 Å². The third-order valence-corrected chi connectivity index (χ3v) is 5.35. The van der Waals surface area contributed by atoms with Crippen LogP contribution in [0.25, 0.3) is 0 Å². The van der Waals surface area contributed by atoms with Crippen LogP contribution < -0.4 is 10.2 Å². The van der Waals surface area contributed by atoms with Gasteiger partial charge in [-0.05, 0) is 72.9 Å². The molecule has 1 saturated heterocycles. The standard InChI is InChI=1S/C17H26BrN3/c1-20-9-3-4-15(12-20)21(2)17-8-5-13(10-16(17)18)11-19-14-6-7-14/h5,8,10,14-15,19H,3-4,6-7,9,11-12H2,1-2H3. The topological polar surface area (TPSA) is 18.5 Å². The molecule has 1 saturated carbocycles. The highest BCUT2D eigenvalue weighted by molar-refractivity contribution is 9.10. The Hall–Kier alpha value is -0.580. The van der Waals surface area contributed by atoms with E-state index >= 15 is 0 Å². The van der Waals surface area contributed by atoms with Gasteiger partial charge in [0.15, 0.2) is 0 Å². The Bertz CT molecular complexity index is 487. The van der Waals surface area contributed by atoms with Crippen LogP contribution in [0.4, 0.5) is 5.69 Å². The molecule has 1 heterocycles. The number of likely N-dealkylation sites (tertiary alicyclic amines) is 1. The molecule has 0 aromatic heterocycles. The first-order valence-corrected chi connectivity index (χ1v) is 8.86. The van der Waals surface area contributed by atoms with E-state index in [0.717, 1.165) is 19.1 Å². The van der Waals surface area contributed by atoms with E-state index in [4.69, 9.17) is 0 Å². The molecule has 1 aromatic rings. The predicted molar refractivity (Wildman–Crippen MR) is 92.9 cm³/mol. The molecule has 3 rings (SSSR count). The molecule has 1 unspecified atom stereocenters. The molecule has 21 heavy (non-hydrogen) atoms. The fourth-order valence-electron chi connectivity index (χ4n) is 3.15. The Morgan fingerprint density at radius 3 is 2.81 bits per heavy atom. The highest BCUT2D eigenvalue weighted by Crippen LogP contribution is 2.30. The molecular formula is C17H26BrN3. The van der Waals surface area contributed by atoms with E-state index in [-0.39, 0.29) is 0 Å². The summed E-state index contributed by atoms with van der Waals surface area (Å²) in [5.74, 6) is 0. The van der Waals surface area contributed by atoms with Crippen LogP contribution in [0.2, 0.25) is 0 Å². The van der Waals surface area contributed by atoms with E-state index in [1.807, 2.05) is 0 Å². The van der Waals surface area contributed by atoms with Crippen molar-refractivity contribution in [1.29, 1.82) is 0 Å². The number of nitrogens with one attached hydrogen (secondary N) is 1. The zero-order chi connectivity index (χ0) is 14.8. The molecule has 2 aliphatic rings. The second-order valence-electron chi connectivity index (χ2n) is 6.61. The van der Waals surface area contributed by atoms with E-state index in [9.17, 15) is 0 Å². The number of rotatable bonds is 5. The van der Waals surface area contributed by atoms with Gasteiger partial charge >= 0.3 is 0 Å². The zero-order valence-electron chi connectivity index (χ0n) is 13.1. The first kappa shape index (κ1) is 15.3. The first-order valence-electron chi connectivity index (χ1n) is 8.06. The fraction of sp³-hybridized carbons (Fsp3) is 0.647. The Kier molecular flexibility index (Phi) is 4.87. The molecule has 0 amide bonds. The summed E-state index contributed by atoms with van der Waals surface area (Å²) in [5.41, 5.74) is 2.68. The van der Waals surface area contributed by atoms with Crippen molar-refractivity contribution in [2.24, 2.45) is 0 Å². The third-order valence-electron chi connectivity index (χ3n) is 4.71. The molecule has 0 bridgehead atoms. The normalized spacial score (nSPS) is 23.3. The maximum atomic E-state index is 3.77. The molecule has 4 heteroatoms. The summed E-state index contributed by atoms with van der Waals surface area (Å²) in [7, 11) is 4.45. The molecule has 1 N–H and O–H groups in total. The average molecular weight is 352 g/mol. The number of nitrogens with zero attached hydrogens (tertiary/aromatic N) is 2. The summed E-state index contributed by atoms with van der Waals surface area (Å²) in [6, 6.07) is 8.19. The molecular weight excluding hydrogens is 326 g/mol. The fourth-order valence-corrected chi connectivity index (χ4v) is 3.85. The summed E-state index contributed by atoms with van der Waals surface area (Å²) < 4.78 is 1.22. The lowest BCUT2D eigenvalue weighted by molar-refractivity contribution is 0.248. The van der Waals surface area contributed by atoms with Crippen molar-refractivity contribution in [2.75, 3.05) is 32.1 Å². The summed E-state index contributed by atoms with van der Waals surface area (Å²) in [6.07, 6.45) is 5.28. The van der Waals surface area contributed by atoms with Crippen LogP contribution in [-0.4, -0.2) is 44.2 Å². The van der Waals surface area contributed by atoms with Gasteiger partial charge in [0.05, 0.1) is 5.69 Å². The average Bonchev–Trinajstić information content (AvgIpc) is 3.29. The Morgan fingerprint density at radius 2 is 2.14 bits per heavy atom. The molecule has 2 fully saturated rings. The van der Waals surface area contributed by atoms with Gasteiger partial charge in [-0.15, -0.1) is 0 Å². The predicted octanol–water partition coefficient (Wildman–Crippen LogP) is 3.23. The van der Waals surface area contributed by atoms with Crippen molar-refractivity contribution < 1.29 is 0 Å². The highest BCUT2D eigenvalue weighted by Gasteiger charge is 2.23. The maximum Gasteiger partial charge on any atom is 0.0511 e. The molecule has 0 spiro atoms. The minimum Gasteiger partial charge on any atom is -0.369 e. The van der Waals surface area contributed by atoms with Gasteiger partial charge in [-0.3, -0.25) is 0 Å². The van der Waals surface area contributed by atoms with E-state index in [2.05, 4.69) is 63.3 Å². The number of halogens is 1. The third kappa shape index (κ3) is 3.99. The second-order valence-corrected chi connectivity index (χ2v) is 7.46. The van der Waals surface area contributed by atoms with E-state index in [1.165, 1.54) is 48.0 Å². The van der Waals surface area contributed by atoms with Crippen LogP contribution in [0, 0.1) is 0 Å². The van der Waals surface area contributed by atoms with Gasteiger partial charge in [0.25, 0.3) is 0 Å². The molecule has 3 nitrogen and oxygen atoms in total. The lowest BCUT2D eigenvalue weighted by atomic mass is 10.0. The van der Waals surface area contributed by atoms with Gasteiger partial charge in [-0.1, -0.05) is 6.07 Å². The minimum absolute atomic E-state index is 0.621. The van der Waals surface area contributed by atoms with Crippen LogP contribution >= 0.6 is 15.9 Å². The highest BCUT2D eigenvalue weighted by atomic mass is 79.9. The zero-order valence-corrected chi connectivity index (χ0v) is 14.7. The van der Waals surface area contributed by atoms with Crippen molar-refractivity contribution in [3.8, 4) is 0 Å². The lowest BCUT2D eigenvalue weighted by Crippen LogP contribution is -2.45. The number of hydrogen-bond acceptors (Lipinski definition) is 3. The first-order chi connectivity index (χ1) is 10.1. The smallest absolute Gasteiger partial charge is 0.0511 e. The molecule has 1 aliphatic heterocycles.